The van der Waals surface area contributed by atoms with E-state index in [2.05, 4.69) is 31.0 Å². The molecule has 1 atom stereocenters. The molecule has 0 aromatic heterocycles. The minimum absolute atomic E-state index is 0.0225. The highest BCUT2D eigenvalue weighted by atomic mass is 16.5. The van der Waals surface area contributed by atoms with Gasteiger partial charge in [0.25, 0.3) is 0 Å². The lowest BCUT2D eigenvalue weighted by Gasteiger charge is -2.33. The van der Waals surface area contributed by atoms with Gasteiger partial charge in [-0.1, -0.05) is 30.3 Å². The van der Waals surface area contributed by atoms with Crippen molar-refractivity contribution in [2.45, 2.75) is 44.1 Å². The number of piperidine rings is 1. The molecule has 0 bridgehead atoms. The van der Waals surface area contributed by atoms with Crippen LogP contribution in [0.5, 0.6) is 0 Å². The van der Waals surface area contributed by atoms with Crippen molar-refractivity contribution in [3.63, 3.8) is 0 Å². The number of hydrogen-bond acceptors (Lipinski definition) is 3. The molecule has 21 heavy (non-hydrogen) atoms. The topological polar surface area (TPSA) is 29.5 Å². The monoisotopic (exact) mass is 287 g/mol. The third-order valence-corrected chi connectivity index (χ3v) is 5.13. The molecule has 114 valence electrons. The van der Waals surface area contributed by atoms with Gasteiger partial charge in [0.2, 0.25) is 0 Å². The van der Waals surface area contributed by atoms with Crippen molar-refractivity contribution >= 4 is 5.97 Å². The molecule has 1 aliphatic carbocycles. The average Bonchev–Trinajstić information content (AvgIpc) is 3.34. The molecule has 2 aliphatic rings. The van der Waals surface area contributed by atoms with E-state index in [0.29, 0.717) is 5.92 Å². The molecule has 3 nitrogen and oxygen atoms in total. The molecule has 3 heteroatoms. The second-order valence-electron chi connectivity index (χ2n) is 6.75. The van der Waals surface area contributed by atoms with Crippen LogP contribution in [0.1, 0.15) is 38.2 Å². The van der Waals surface area contributed by atoms with E-state index in [1.807, 2.05) is 18.2 Å². The summed E-state index contributed by atoms with van der Waals surface area (Å²) in [4.78, 5) is 15.2. The van der Waals surface area contributed by atoms with Gasteiger partial charge in [-0.15, -0.1) is 0 Å². The Hall–Kier alpha value is -1.35. The van der Waals surface area contributed by atoms with E-state index >= 15 is 0 Å². The number of carbonyl (C=O) groups excluding carboxylic acids is 1. The third-order valence-electron chi connectivity index (χ3n) is 5.13. The van der Waals surface area contributed by atoms with Gasteiger partial charge in [-0.05, 0) is 51.1 Å². The Morgan fingerprint density at radius 2 is 1.76 bits per heavy atom. The van der Waals surface area contributed by atoms with Crippen LogP contribution in [-0.4, -0.2) is 37.1 Å². The number of benzene rings is 1. The van der Waals surface area contributed by atoms with Crippen LogP contribution in [0.4, 0.5) is 0 Å². The predicted molar refractivity (Wildman–Crippen MR) is 83.1 cm³/mol. The molecule has 3 rings (SSSR count). The van der Waals surface area contributed by atoms with Gasteiger partial charge in [-0.3, -0.25) is 4.79 Å². The highest BCUT2D eigenvalue weighted by Crippen LogP contribution is 2.48. The maximum Gasteiger partial charge on any atom is 0.316 e. The molecule has 1 heterocycles. The van der Waals surface area contributed by atoms with Gasteiger partial charge in [0, 0.05) is 13.1 Å². The summed E-state index contributed by atoms with van der Waals surface area (Å²) in [6, 6.07) is 10.2. The number of hydrogen-bond donors (Lipinski definition) is 0. The summed E-state index contributed by atoms with van der Waals surface area (Å²) in [6.45, 7) is 4.10. The van der Waals surface area contributed by atoms with Crippen molar-refractivity contribution in [1.82, 2.24) is 4.90 Å². The molecule has 0 N–H and O–H groups in total. The van der Waals surface area contributed by atoms with Crippen molar-refractivity contribution < 1.29 is 9.53 Å². The second-order valence-corrected chi connectivity index (χ2v) is 6.75. The molecule has 1 saturated heterocycles. The molecule has 0 radical (unpaired) electrons. The van der Waals surface area contributed by atoms with Crippen molar-refractivity contribution in [1.29, 1.82) is 0 Å². The Balaban J connectivity index is 1.73. The van der Waals surface area contributed by atoms with Crippen molar-refractivity contribution in [3.8, 4) is 0 Å². The van der Waals surface area contributed by atoms with Crippen LogP contribution in [0.25, 0.3) is 0 Å². The fourth-order valence-corrected chi connectivity index (χ4v) is 3.34. The lowest BCUT2D eigenvalue weighted by Crippen LogP contribution is -2.42. The highest BCUT2D eigenvalue weighted by molar-refractivity contribution is 5.83. The predicted octanol–water partition coefficient (Wildman–Crippen LogP) is 2.99. The van der Waals surface area contributed by atoms with Crippen LogP contribution in [0.3, 0.4) is 0 Å². The first-order valence-corrected chi connectivity index (χ1v) is 8.06. The minimum atomic E-state index is -0.468. The number of rotatable bonds is 4. The molecule has 1 saturated carbocycles. The SMILES string of the molecule is CN1CCC(OC(=O)[C@](C)(c2ccccc2)C2CC2)CC1. The van der Waals surface area contributed by atoms with Gasteiger partial charge in [0.15, 0.2) is 0 Å². The average molecular weight is 287 g/mol. The normalized spacial score (nSPS) is 23.5. The Morgan fingerprint density at radius 3 is 2.33 bits per heavy atom. The largest absolute Gasteiger partial charge is 0.462 e. The zero-order valence-electron chi connectivity index (χ0n) is 13.0. The van der Waals surface area contributed by atoms with Crippen LogP contribution in [0.2, 0.25) is 0 Å². The summed E-state index contributed by atoms with van der Waals surface area (Å²) in [5.41, 5.74) is 0.635. The van der Waals surface area contributed by atoms with Gasteiger partial charge in [0.05, 0.1) is 5.41 Å². The van der Waals surface area contributed by atoms with E-state index in [1.165, 1.54) is 0 Å². The smallest absolute Gasteiger partial charge is 0.316 e. The Labute approximate surface area is 127 Å². The van der Waals surface area contributed by atoms with Crippen LogP contribution in [0, 0.1) is 5.92 Å². The van der Waals surface area contributed by atoms with E-state index in [9.17, 15) is 4.79 Å². The molecule has 0 amide bonds. The Kier molecular flexibility index (Phi) is 4.03. The highest BCUT2D eigenvalue weighted by Gasteiger charge is 2.50. The molecule has 1 aromatic carbocycles. The van der Waals surface area contributed by atoms with Crippen LogP contribution in [-0.2, 0) is 14.9 Å². The minimum Gasteiger partial charge on any atom is -0.462 e. The number of esters is 1. The number of likely N-dealkylation sites (tertiary alicyclic amines) is 1. The quantitative estimate of drug-likeness (QED) is 0.797. The Bertz CT molecular complexity index is 489. The first-order valence-electron chi connectivity index (χ1n) is 8.06. The summed E-state index contributed by atoms with van der Waals surface area (Å²) in [5, 5.41) is 0. The first kappa shape index (κ1) is 14.6. The number of carbonyl (C=O) groups is 1. The van der Waals surface area contributed by atoms with Gasteiger partial charge >= 0.3 is 5.97 Å². The van der Waals surface area contributed by atoms with Crippen LogP contribution in [0.15, 0.2) is 30.3 Å². The summed E-state index contributed by atoms with van der Waals surface area (Å²) in [5.74, 6) is 0.421. The lowest BCUT2D eigenvalue weighted by atomic mass is 9.78. The zero-order chi connectivity index (χ0) is 14.9. The maximum absolute atomic E-state index is 12.9. The first-order chi connectivity index (χ1) is 10.1. The van der Waals surface area contributed by atoms with Crippen LogP contribution >= 0.6 is 0 Å². The van der Waals surface area contributed by atoms with Gasteiger partial charge in [-0.25, -0.2) is 0 Å². The molecule has 0 spiro atoms. The van der Waals surface area contributed by atoms with E-state index in [0.717, 1.165) is 44.3 Å². The second kappa shape index (κ2) is 5.80. The van der Waals surface area contributed by atoms with Crippen molar-refractivity contribution in [2.24, 2.45) is 5.92 Å². The summed E-state index contributed by atoms with van der Waals surface area (Å²) >= 11 is 0. The number of ether oxygens (including phenoxy) is 1. The molecule has 1 aliphatic heterocycles. The molecule has 1 aromatic rings. The van der Waals surface area contributed by atoms with Crippen LogP contribution < -0.4 is 0 Å². The van der Waals surface area contributed by atoms with Crippen molar-refractivity contribution in [2.75, 3.05) is 20.1 Å². The van der Waals surface area contributed by atoms with E-state index in [4.69, 9.17) is 4.74 Å². The zero-order valence-corrected chi connectivity index (χ0v) is 13.0. The molecule has 2 fully saturated rings. The molecular weight excluding hydrogens is 262 g/mol. The molecular formula is C18H25NO2. The van der Waals surface area contributed by atoms with Crippen molar-refractivity contribution in [3.05, 3.63) is 35.9 Å². The summed E-state index contributed by atoms with van der Waals surface area (Å²) < 4.78 is 5.89. The fourth-order valence-electron chi connectivity index (χ4n) is 3.34. The third kappa shape index (κ3) is 2.98. The maximum atomic E-state index is 12.9. The van der Waals surface area contributed by atoms with Gasteiger partial charge in [-0.2, -0.15) is 0 Å². The van der Waals surface area contributed by atoms with Gasteiger partial charge in [0.1, 0.15) is 6.10 Å². The van der Waals surface area contributed by atoms with E-state index < -0.39 is 5.41 Å². The lowest BCUT2D eigenvalue weighted by molar-refractivity contribution is -0.158. The standard InChI is InChI=1S/C18H25NO2/c1-18(15-8-9-15,14-6-4-3-5-7-14)17(20)21-16-10-12-19(2)13-11-16/h3-7,15-16H,8-13H2,1-2H3/t18-/m1/s1. The van der Waals surface area contributed by atoms with Gasteiger partial charge < -0.3 is 9.64 Å². The summed E-state index contributed by atoms with van der Waals surface area (Å²) in [7, 11) is 2.12. The fraction of sp³-hybridized carbons (Fsp3) is 0.611. The Morgan fingerprint density at radius 1 is 1.14 bits per heavy atom. The molecule has 0 unspecified atom stereocenters. The van der Waals surface area contributed by atoms with E-state index in [1.54, 1.807) is 0 Å². The van der Waals surface area contributed by atoms with E-state index in [-0.39, 0.29) is 12.1 Å². The summed E-state index contributed by atoms with van der Waals surface area (Å²) in [6.07, 6.45) is 4.27. The number of nitrogens with zero attached hydrogens (tertiary/aromatic N) is 1.